The fraction of sp³-hybridized carbons (Fsp3) is 0.355. The SMILES string of the molecule is CC1(C)CNCCC1C(N)c1nc(-c2ccnc3[nH]c(Sc4ccccc4)cc23)nc2cncc(C3CC3)c12. The summed E-state index contributed by atoms with van der Waals surface area (Å²) in [6, 6.07) is 14.3. The van der Waals surface area contributed by atoms with Crippen molar-refractivity contribution in [1.82, 2.24) is 30.2 Å². The van der Waals surface area contributed by atoms with E-state index in [4.69, 9.17) is 15.7 Å². The monoisotopic (exact) mass is 535 g/mol. The number of hydrogen-bond acceptors (Lipinski definition) is 7. The number of pyridine rings is 2. The molecular weight excluding hydrogens is 502 g/mol. The van der Waals surface area contributed by atoms with Crippen molar-refractivity contribution < 1.29 is 0 Å². The van der Waals surface area contributed by atoms with Crippen LogP contribution in [0.4, 0.5) is 0 Å². The number of piperidine rings is 1. The van der Waals surface area contributed by atoms with Crippen molar-refractivity contribution >= 4 is 33.7 Å². The third-order valence-corrected chi connectivity index (χ3v) is 9.31. The molecule has 8 heteroatoms. The van der Waals surface area contributed by atoms with E-state index in [1.54, 1.807) is 11.8 Å². The smallest absolute Gasteiger partial charge is 0.160 e. The van der Waals surface area contributed by atoms with Gasteiger partial charge in [0.05, 0.1) is 28.5 Å². The van der Waals surface area contributed by atoms with Crippen LogP contribution >= 0.6 is 11.8 Å². The van der Waals surface area contributed by atoms with E-state index >= 15 is 0 Å². The number of aromatic nitrogens is 5. The summed E-state index contributed by atoms with van der Waals surface area (Å²) in [5.41, 5.74) is 12.1. The van der Waals surface area contributed by atoms with Gasteiger partial charge in [-0.05, 0) is 72.9 Å². The van der Waals surface area contributed by atoms with Crippen LogP contribution < -0.4 is 11.1 Å². The first kappa shape index (κ1) is 24.7. The molecule has 39 heavy (non-hydrogen) atoms. The van der Waals surface area contributed by atoms with Gasteiger partial charge in [-0.25, -0.2) is 15.0 Å². The molecule has 1 saturated carbocycles. The number of rotatable bonds is 6. The van der Waals surface area contributed by atoms with Crippen molar-refractivity contribution in [2.75, 3.05) is 13.1 Å². The number of nitrogens with one attached hydrogen (secondary N) is 2. The van der Waals surface area contributed by atoms with Crippen molar-refractivity contribution in [2.24, 2.45) is 17.1 Å². The summed E-state index contributed by atoms with van der Waals surface area (Å²) >= 11 is 1.69. The fourth-order valence-corrected chi connectivity index (χ4v) is 6.99. The first-order valence-electron chi connectivity index (χ1n) is 13.8. The lowest BCUT2D eigenvalue weighted by atomic mass is 9.70. The second-order valence-corrected chi connectivity index (χ2v) is 12.7. The Labute approximate surface area is 232 Å². The molecule has 2 fully saturated rings. The van der Waals surface area contributed by atoms with Crippen LogP contribution in [0.3, 0.4) is 0 Å². The average Bonchev–Trinajstić information content (AvgIpc) is 3.71. The van der Waals surface area contributed by atoms with Crippen LogP contribution in [0.1, 0.15) is 56.3 Å². The quantitative estimate of drug-likeness (QED) is 0.237. The summed E-state index contributed by atoms with van der Waals surface area (Å²) in [4.78, 5) is 24.3. The van der Waals surface area contributed by atoms with E-state index in [0.717, 1.165) is 57.7 Å². The van der Waals surface area contributed by atoms with Crippen molar-refractivity contribution in [3.63, 3.8) is 0 Å². The van der Waals surface area contributed by atoms with Crippen LogP contribution in [-0.2, 0) is 0 Å². The van der Waals surface area contributed by atoms with Crippen molar-refractivity contribution in [2.45, 2.75) is 55.0 Å². The highest BCUT2D eigenvalue weighted by atomic mass is 32.2. The van der Waals surface area contributed by atoms with Gasteiger partial charge in [-0.1, -0.05) is 43.8 Å². The third-order valence-electron chi connectivity index (χ3n) is 8.37. The third kappa shape index (κ3) is 4.60. The molecule has 7 nitrogen and oxygen atoms in total. The minimum atomic E-state index is -0.195. The summed E-state index contributed by atoms with van der Waals surface area (Å²) in [6.45, 7) is 6.56. The lowest BCUT2D eigenvalue weighted by Crippen LogP contribution is -2.47. The maximum absolute atomic E-state index is 7.19. The van der Waals surface area contributed by atoms with Crippen LogP contribution in [-0.4, -0.2) is 38.0 Å². The molecule has 0 spiro atoms. The van der Waals surface area contributed by atoms with Crippen molar-refractivity contribution in [3.05, 3.63) is 72.3 Å². The van der Waals surface area contributed by atoms with E-state index in [9.17, 15) is 0 Å². The molecule has 7 rings (SSSR count). The van der Waals surface area contributed by atoms with E-state index in [0.29, 0.717) is 17.7 Å². The zero-order chi connectivity index (χ0) is 26.6. The molecule has 198 valence electrons. The maximum Gasteiger partial charge on any atom is 0.160 e. The molecule has 2 atom stereocenters. The molecule has 1 aliphatic carbocycles. The number of aromatic amines is 1. The van der Waals surface area contributed by atoms with E-state index < -0.39 is 0 Å². The summed E-state index contributed by atoms with van der Waals surface area (Å²) in [5, 5.41) is 6.70. The molecule has 1 saturated heterocycles. The molecule has 2 aliphatic rings. The van der Waals surface area contributed by atoms with Gasteiger partial charge in [0, 0.05) is 40.2 Å². The Balaban J connectivity index is 1.38. The fourth-order valence-electron chi connectivity index (χ4n) is 6.12. The molecule has 0 bridgehead atoms. The normalized spacial score (nSPS) is 19.9. The van der Waals surface area contributed by atoms with Gasteiger partial charge in [0.1, 0.15) is 5.65 Å². The molecule has 5 aromatic rings. The van der Waals surface area contributed by atoms with Gasteiger partial charge in [-0.3, -0.25) is 4.98 Å². The Hall–Kier alpha value is -3.33. The second kappa shape index (κ2) is 9.70. The van der Waals surface area contributed by atoms with Gasteiger partial charge in [-0.15, -0.1) is 0 Å². The van der Waals surface area contributed by atoms with Crippen LogP contribution in [0.25, 0.3) is 33.3 Å². The van der Waals surface area contributed by atoms with Crippen LogP contribution in [0.5, 0.6) is 0 Å². The van der Waals surface area contributed by atoms with E-state index in [1.807, 2.05) is 30.7 Å². The minimum Gasteiger partial charge on any atom is -0.334 e. The molecule has 4 aromatic heterocycles. The topological polar surface area (TPSA) is 105 Å². The number of benzene rings is 1. The van der Waals surface area contributed by atoms with Crippen molar-refractivity contribution in [1.29, 1.82) is 0 Å². The largest absolute Gasteiger partial charge is 0.334 e. The highest BCUT2D eigenvalue weighted by molar-refractivity contribution is 7.99. The Bertz CT molecular complexity index is 1660. The van der Waals surface area contributed by atoms with Crippen molar-refractivity contribution in [3.8, 4) is 11.4 Å². The number of nitrogens with two attached hydrogens (primary N) is 1. The molecule has 1 aromatic carbocycles. The molecule has 5 heterocycles. The van der Waals surface area contributed by atoms with Gasteiger partial charge in [-0.2, -0.15) is 0 Å². The van der Waals surface area contributed by atoms with E-state index in [2.05, 4.69) is 64.4 Å². The molecule has 1 aliphatic heterocycles. The summed E-state index contributed by atoms with van der Waals surface area (Å²) < 4.78 is 0. The molecule has 2 unspecified atom stereocenters. The molecular formula is C31H33N7S. The van der Waals surface area contributed by atoms with Gasteiger partial charge < -0.3 is 16.0 Å². The number of H-pyrrole nitrogens is 1. The Morgan fingerprint density at radius 2 is 1.90 bits per heavy atom. The standard InChI is InChI=1S/C31H33N7S/c1-31(2)17-33-12-11-23(31)27(32)28-26-22(18-8-9-18)15-34-16-24(26)36-30(38-28)20-10-13-35-29-21(20)14-25(37-29)39-19-6-4-3-5-7-19/h3-7,10,13-16,18,23,27,33H,8-9,11-12,17,32H2,1-2H3,(H,35,37). The first-order valence-corrected chi connectivity index (χ1v) is 14.6. The van der Waals surface area contributed by atoms with Crippen LogP contribution in [0.15, 0.2) is 71.0 Å². The lowest BCUT2D eigenvalue weighted by Gasteiger charge is -2.42. The Morgan fingerprint density at radius 1 is 1.05 bits per heavy atom. The maximum atomic E-state index is 7.19. The number of hydrogen-bond donors (Lipinski definition) is 3. The Morgan fingerprint density at radius 3 is 2.69 bits per heavy atom. The van der Waals surface area contributed by atoms with Gasteiger partial charge >= 0.3 is 0 Å². The van der Waals surface area contributed by atoms with E-state index in [-0.39, 0.29) is 11.5 Å². The predicted molar refractivity (Wildman–Crippen MR) is 157 cm³/mol. The predicted octanol–water partition coefficient (Wildman–Crippen LogP) is 6.23. The van der Waals surface area contributed by atoms with Crippen LogP contribution in [0.2, 0.25) is 0 Å². The highest BCUT2D eigenvalue weighted by Gasteiger charge is 2.39. The number of fused-ring (bicyclic) bond motifs is 2. The molecule has 0 amide bonds. The highest BCUT2D eigenvalue weighted by Crippen LogP contribution is 2.46. The molecule has 0 radical (unpaired) electrons. The van der Waals surface area contributed by atoms with Gasteiger partial charge in [0.2, 0.25) is 0 Å². The minimum absolute atomic E-state index is 0.0655. The zero-order valence-corrected chi connectivity index (χ0v) is 23.1. The lowest BCUT2D eigenvalue weighted by molar-refractivity contribution is 0.128. The second-order valence-electron chi connectivity index (χ2n) is 11.6. The van der Waals surface area contributed by atoms with Gasteiger partial charge in [0.15, 0.2) is 5.82 Å². The number of nitrogens with zero attached hydrogens (tertiary/aromatic N) is 4. The van der Waals surface area contributed by atoms with Crippen LogP contribution in [0, 0.1) is 11.3 Å². The first-order chi connectivity index (χ1) is 19.0. The Kier molecular flexibility index (Phi) is 6.14. The summed E-state index contributed by atoms with van der Waals surface area (Å²) in [7, 11) is 0. The summed E-state index contributed by atoms with van der Waals surface area (Å²) in [6.07, 6.45) is 9.11. The average molecular weight is 536 g/mol. The van der Waals surface area contributed by atoms with Gasteiger partial charge in [0.25, 0.3) is 0 Å². The summed E-state index contributed by atoms with van der Waals surface area (Å²) in [5.74, 6) is 1.51. The van der Waals surface area contributed by atoms with E-state index in [1.165, 1.54) is 23.3 Å². The molecule has 4 N–H and O–H groups in total. The zero-order valence-electron chi connectivity index (χ0n) is 22.3.